The molecule has 0 bridgehead atoms. The molecule has 0 saturated carbocycles. The molecule has 0 spiro atoms. The Hall–Kier alpha value is 1.32. The van der Waals surface area contributed by atoms with E-state index < -0.39 is 21.2 Å². The van der Waals surface area contributed by atoms with Crippen molar-refractivity contribution in [3.63, 3.8) is 0 Å². The van der Waals surface area contributed by atoms with Crippen molar-refractivity contribution in [3.05, 3.63) is 0 Å². The summed E-state index contributed by atoms with van der Waals surface area (Å²) in [6.45, 7) is 4.49. The average molecular weight is 530 g/mol. The minimum absolute atomic E-state index is 0.886. The Balaban J connectivity index is 1.52. The van der Waals surface area contributed by atoms with Crippen LogP contribution in [0.5, 0.6) is 0 Å². The summed E-state index contributed by atoms with van der Waals surface area (Å²) in [5.41, 5.74) is 6.63. The Morgan fingerprint density at radius 3 is 1.53 bits per heavy atom. The fourth-order valence-corrected chi connectivity index (χ4v) is 16.6. The van der Waals surface area contributed by atoms with Gasteiger partial charge in [-0.1, -0.05) is 0 Å². The van der Waals surface area contributed by atoms with Crippen LogP contribution in [0.3, 0.4) is 0 Å². The summed E-state index contributed by atoms with van der Waals surface area (Å²) >= 11 is 9.83. The molecule has 2 rings (SSSR count). The summed E-state index contributed by atoms with van der Waals surface area (Å²) in [4.78, 5) is 0. The predicted octanol–water partition coefficient (Wildman–Crippen LogP) is 1.76. The van der Waals surface area contributed by atoms with Crippen LogP contribution in [0.4, 0.5) is 0 Å². The van der Waals surface area contributed by atoms with Crippen LogP contribution in [0.2, 0.25) is 0 Å². The van der Waals surface area contributed by atoms with Crippen LogP contribution in [-0.4, -0.2) is 66.1 Å². The van der Waals surface area contributed by atoms with E-state index >= 15 is 0 Å². The van der Waals surface area contributed by atoms with E-state index in [1.165, 1.54) is 25.7 Å². The third-order valence-electron chi connectivity index (χ3n) is 2.98. The van der Waals surface area contributed by atoms with Gasteiger partial charge in [0.15, 0.2) is 0 Å². The topological polar surface area (TPSA) is 30.5 Å². The Morgan fingerprint density at radius 2 is 1.16 bits per heavy atom. The zero-order valence-corrected chi connectivity index (χ0v) is 17.8. The molecule has 0 aromatic rings. The van der Waals surface area contributed by atoms with Crippen molar-refractivity contribution in [1.82, 2.24) is 20.9 Å². The van der Waals surface area contributed by atoms with Crippen molar-refractivity contribution in [2.75, 3.05) is 26.2 Å². The van der Waals surface area contributed by atoms with Gasteiger partial charge in [0.05, 0.1) is 0 Å². The zero-order valence-electron chi connectivity index (χ0n) is 10.7. The zero-order chi connectivity index (χ0) is 13.5. The minimum atomic E-state index is -0.886. The van der Waals surface area contributed by atoms with Crippen molar-refractivity contribution in [1.29, 1.82) is 0 Å². The second-order valence-electron chi connectivity index (χ2n) is 4.47. The van der Waals surface area contributed by atoms with E-state index in [0.29, 0.717) is 0 Å². The quantitative estimate of drug-likeness (QED) is 0.421. The van der Waals surface area contributed by atoms with E-state index in [1.54, 1.807) is 0 Å². The third-order valence-corrected chi connectivity index (χ3v) is 18.9. The van der Waals surface area contributed by atoms with Crippen LogP contribution in [0.15, 0.2) is 0 Å². The number of nitrogens with one attached hydrogen (secondary N) is 2. The summed E-state index contributed by atoms with van der Waals surface area (Å²) in [6, 6.07) is 0. The molecule has 2 aliphatic rings. The van der Waals surface area contributed by atoms with Gasteiger partial charge in [0.2, 0.25) is 0 Å². The molecule has 0 atom stereocenters. The summed E-state index contributed by atoms with van der Waals surface area (Å²) < 4.78 is 1.86. The number of hydrazine groups is 2. The standard InChI is InChI=1S/2C5H10N2S2.Pb/c2*8-5(9)6-7-3-1-2-4-7;/h2*1-4H2,(H2,6,8,9);/q;;+2/p-2. The Kier molecular flexibility index (Phi) is 8.22. The fourth-order valence-electron chi connectivity index (χ4n) is 2.06. The first kappa shape index (κ1) is 16.7. The molecule has 0 amide bonds. The summed E-state index contributed by atoms with van der Waals surface area (Å²) in [7, 11) is 3.68. The normalized spacial score (nSPS) is 20.6. The second-order valence-corrected chi connectivity index (χ2v) is 18.3. The van der Waals surface area contributed by atoms with Crippen molar-refractivity contribution < 1.29 is 0 Å². The van der Waals surface area contributed by atoms with Gasteiger partial charge in [-0.2, -0.15) is 0 Å². The van der Waals surface area contributed by atoms with Crippen LogP contribution in [0.25, 0.3) is 0 Å². The summed E-state index contributed by atoms with van der Waals surface area (Å²) in [5.74, 6) is 0. The van der Waals surface area contributed by atoms with E-state index in [-0.39, 0.29) is 0 Å². The van der Waals surface area contributed by atoms with Crippen LogP contribution in [0.1, 0.15) is 25.7 Å². The van der Waals surface area contributed by atoms with Crippen LogP contribution in [0, 0.1) is 0 Å². The van der Waals surface area contributed by atoms with Gasteiger partial charge >= 0.3 is 144 Å². The molecular formula is C10H18N4PbS4. The second kappa shape index (κ2) is 9.36. The van der Waals surface area contributed by atoms with Gasteiger partial charge in [0, 0.05) is 0 Å². The number of hydrogen-bond acceptors (Lipinski definition) is 6. The summed E-state index contributed by atoms with van der Waals surface area (Å²) in [5, 5.41) is 4.45. The first-order chi connectivity index (χ1) is 9.24. The van der Waals surface area contributed by atoms with Gasteiger partial charge in [-0.3, -0.25) is 0 Å². The third kappa shape index (κ3) is 6.74. The molecule has 2 radical (unpaired) electrons. The van der Waals surface area contributed by atoms with Gasteiger partial charge in [-0.25, -0.2) is 0 Å². The number of hydrogen-bond donors (Lipinski definition) is 2. The molecule has 2 saturated heterocycles. The Labute approximate surface area is 142 Å². The Bertz CT molecular complexity index is 289. The van der Waals surface area contributed by atoms with Gasteiger partial charge in [-0.05, 0) is 0 Å². The molecule has 2 heterocycles. The van der Waals surface area contributed by atoms with E-state index in [2.05, 4.69) is 20.9 Å². The van der Waals surface area contributed by atoms with Crippen molar-refractivity contribution in [3.8, 4) is 0 Å². The molecule has 0 aromatic carbocycles. The van der Waals surface area contributed by atoms with E-state index in [4.69, 9.17) is 24.4 Å². The molecule has 19 heavy (non-hydrogen) atoms. The molecule has 0 aliphatic carbocycles. The van der Waals surface area contributed by atoms with Gasteiger partial charge < -0.3 is 0 Å². The Morgan fingerprint density at radius 1 is 0.789 bits per heavy atom. The predicted molar refractivity (Wildman–Crippen MR) is 94.0 cm³/mol. The summed E-state index contributed by atoms with van der Waals surface area (Å²) in [6.07, 6.45) is 5.11. The van der Waals surface area contributed by atoms with Crippen LogP contribution < -0.4 is 10.9 Å². The van der Waals surface area contributed by atoms with E-state index in [1.807, 2.05) is 16.6 Å². The average Bonchev–Trinajstić information content (AvgIpc) is 3.02. The monoisotopic (exact) mass is 530 g/mol. The van der Waals surface area contributed by atoms with Crippen molar-refractivity contribution in [2.24, 2.45) is 0 Å². The molecule has 106 valence electrons. The molecular weight excluding hydrogens is 512 g/mol. The van der Waals surface area contributed by atoms with Gasteiger partial charge in [-0.15, -0.1) is 0 Å². The van der Waals surface area contributed by atoms with Crippen LogP contribution >= 0.6 is 41.1 Å². The molecule has 0 unspecified atom stereocenters. The number of thiocarbonyl (C=S) groups is 2. The molecule has 0 aromatic heterocycles. The van der Waals surface area contributed by atoms with Crippen molar-refractivity contribution in [2.45, 2.75) is 25.7 Å². The molecule has 2 N–H and O–H groups in total. The maximum atomic E-state index is 5.36. The molecule has 4 nitrogen and oxygen atoms in total. The van der Waals surface area contributed by atoms with Gasteiger partial charge in [0.25, 0.3) is 0 Å². The first-order valence-electron chi connectivity index (χ1n) is 6.44. The maximum absolute atomic E-state index is 5.36. The van der Waals surface area contributed by atoms with Crippen LogP contribution in [-0.2, 0) is 0 Å². The first-order valence-corrected chi connectivity index (χ1v) is 18.4. The van der Waals surface area contributed by atoms with E-state index in [9.17, 15) is 0 Å². The van der Waals surface area contributed by atoms with Crippen molar-refractivity contribution >= 4 is 70.9 Å². The number of nitrogens with zero attached hydrogens (tertiary/aromatic N) is 2. The fraction of sp³-hybridized carbons (Fsp3) is 0.800. The molecule has 2 fully saturated rings. The number of rotatable bonds is 4. The molecule has 2 aliphatic heterocycles. The van der Waals surface area contributed by atoms with Gasteiger partial charge in [0.1, 0.15) is 0 Å². The SMILES string of the molecule is S=C(NN1CCCC1)[S][Pb][S]C(=S)NN1CCCC1. The van der Waals surface area contributed by atoms with E-state index in [0.717, 1.165) is 34.8 Å². The molecule has 9 heteroatoms.